The highest BCUT2D eigenvalue weighted by Gasteiger charge is 2.27. The number of nitrogens with one attached hydrogen (secondary N) is 1. The summed E-state index contributed by atoms with van der Waals surface area (Å²) in [5, 5.41) is 3.27. The fourth-order valence-electron chi connectivity index (χ4n) is 1.75. The molecule has 1 aromatic rings. The molecule has 72 valence electrons. The molecule has 1 aromatic heterocycles. The third-order valence-electron chi connectivity index (χ3n) is 2.44. The highest BCUT2D eigenvalue weighted by Crippen LogP contribution is 2.27. The van der Waals surface area contributed by atoms with Crippen LogP contribution in [0, 0.1) is 5.92 Å². The molecular weight excluding hydrogens is 186 g/mol. The summed E-state index contributed by atoms with van der Waals surface area (Å²) in [5.41, 5.74) is 1.04. The van der Waals surface area contributed by atoms with Crippen LogP contribution >= 0.6 is 11.7 Å². The molecule has 2 heterocycles. The van der Waals surface area contributed by atoms with Gasteiger partial charge in [-0.25, -0.2) is 0 Å². The summed E-state index contributed by atoms with van der Waals surface area (Å²) < 4.78 is 13.6. The summed E-state index contributed by atoms with van der Waals surface area (Å²) in [6, 6.07) is 0.307. The van der Waals surface area contributed by atoms with Crippen LogP contribution in [-0.4, -0.2) is 29.0 Å². The molecule has 0 aliphatic carbocycles. The molecule has 0 spiro atoms. The monoisotopic (exact) mass is 199 g/mol. The second-order valence-electron chi connectivity index (χ2n) is 3.22. The van der Waals surface area contributed by atoms with Crippen molar-refractivity contribution in [1.29, 1.82) is 0 Å². The highest BCUT2D eigenvalue weighted by atomic mass is 32.1. The summed E-state index contributed by atoms with van der Waals surface area (Å²) >= 11 is 1.26. The van der Waals surface area contributed by atoms with E-state index >= 15 is 0 Å². The van der Waals surface area contributed by atoms with Gasteiger partial charge in [-0.15, -0.1) is 0 Å². The van der Waals surface area contributed by atoms with E-state index in [0.717, 1.165) is 25.3 Å². The predicted molar refractivity (Wildman–Crippen MR) is 50.6 cm³/mol. The molecule has 0 radical (unpaired) electrons. The topological polar surface area (TPSA) is 47.0 Å². The molecule has 2 rings (SSSR count). The zero-order valence-electron chi connectivity index (χ0n) is 7.56. The zero-order valence-corrected chi connectivity index (χ0v) is 8.38. The fourth-order valence-corrected chi connectivity index (χ4v) is 2.21. The molecule has 1 saturated heterocycles. The Kier molecular flexibility index (Phi) is 2.87. The van der Waals surface area contributed by atoms with Gasteiger partial charge in [0.1, 0.15) is 0 Å². The number of hydrogen-bond donors (Lipinski definition) is 1. The molecule has 1 N–H and O–H groups in total. The van der Waals surface area contributed by atoms with E-state index in [0.29, 0.717) is 12.0 Å². The summed E-state index contributed by atoms with van der Waals surface area (Å²) in [5.74, 6) is 0.550. The van der Waals surface area contributed by atoms with Gasteiger partial charge in [0.2, 0.25) is 0 Å². The Morgan fingerprint density at radius 2 is 2.69 bits per heavy atom. The molecule has 13 heavy (non-hydrogen) atoms. The van der Waals surface area contributed by atoms with Gasteiger partial charge in [-0.1, -0.05) is 0 Å². The van der Waals surface area contributed by atoms with Crippen molar-refractivity contribution in [1.82, 2.24) is 14.1 Å². The maximum atomic E-state index is 5.35. The molecule has 4 nitrogen and oxygen atoms in total. The first-order valence-corrected chi connectivity index (χ1v) is 5.17. The molecule has 1 aliphatic rings. The Labute approximate surface area is 81.6 Å². The van der Waals surface area contributed by atoms with Crippen LogP contribution in [0.25, 0.3) is 0 Å². The lowest BCUT2D eigenvalue weighted by molar-refractivity contribution is 0.177. The Hall–Kier alpha value is -0.520. The normalized spacial score (nSPS) is 24.8. The van der Waals surface area contributed by atoms with Crippen molar-refractivity contribution < 1.29 is 4.74 Å². The molecule has 1 aliphatic heterocycles. The third kappa shape index (κ3) is 1.87. The van der Waals surface area contributed by atoms with E-state index in [1.165, 1.54) is 11.7 Å². The molecule has 0 amide bonds. The lowest BCUT2D eigenvalue weighted by Gasteiger charge is -2.18. The van der Waals surface area contributed by atoms with Gasteiger partial charge in [0.15, 0.2) is 0 Å². The smallest absolute Gasteiger partial charge is 0.0915 e. The lowest BCUT2D eigenvalue weighted by Crippen LogP contribution is -2.25. The summed E-state index contributed by atoms with van der Waals surface area (Å²) in [6.07, 6.45) is 2.95. The van der Waals surface area contributed by atoms with E-state index in [9.17, 15) is 0 Å². The average molecular weight is 199 g/mol. The molecule has 0 bridgehead atoms. The molecular formula is C8H13N3OS. The number of nitrogens with zero attached hydrogens (tertiary/aromatic N) is 2. The lowest BCUT2D eigenvalue weighted by atomic mass is 9.97. The highest BCUT2D eigenvalue weighted by molar-refractivity contribution is 6.99. The number of rotatable bonds is 3. The second-order valence-corrected chi connectivity index (χ2v) is 3.78. The zero-order chi connectivity index (χ0) is 9.10. The minimum absolute atomic E-state index is 0.307. The van der Waals surface area contributed by atoms with E-state index in [4.69, 9.17) is 4.74 Å². The fraction of sp³-hybridized carbons (Fsp3) is 0.750. The van der Waals surface area contributed by atoms with E-state index < -0.39 is 0 Å². The van der Waals surface area contributed by atoms with Gasteiger partial charge in [-0.05, 0) is 13.5 Å². The van der Waals surface area contributed by atoms with Crippen LogP contribution in [-0.2, 0) is 4.74 Å². The van der Waals surface area contributed by atoms with E-state index in [1.54, 1.807) is 0 Å². The largest absolute Gasteiger partial charge is 0.381 e. The van der Waals surface area contributed by atoms with Crippen LogP contribution in [0.4, 0.5) is 0 Å². The standard InChI is InChI=1S/C8H13N3OS/c1-9-8(6-2-3-12-5-6)7-4-10-13-11-7/h4,6,8-9H,2-3,5H2,1H3. The predicted octanol–water partition coefficient (Wildman–Crippen LogP) is 0.835. The molecule has 1 fully saturated rings. The Bertz CT molecular complexity index is 246. The Balaban J connectivity index is 2.08. The Morgan fingerprint density at radius 3 is 3.23 bits per heavy atom. The van der Waals surface area contributed by atoms with Crippen LogP contribution < -0.4 is 5.32 Å². The number of aromatic nitrogens is 2. The van der Waals surface area contributed by atoms with E-state index in [-0.39, 0.29) is 0 Å². The van der Waals surface area contributed by atoms with E-state index in [2.05, 4.69) is 14.1 Å². The first kappa shape index (κ1) is 9.05. The van der Waals surface area contributed by atoms with Crippen molar-refractivity contribution >= 4 is 11.7 Å². The minimum atomic E-state index is 0.307. The molecule has 5 heteroatoms. The average Bonchev–Trinajstić information content (AvgIpc) is 2.76. The van der Waals surface area contributed by atoms with E-state index in [1.807, 2.05) is 13.2 Å². The van der Waals surface area contributed by atoms with Crippen molar-refractivity contribution in [3.63, 3.8) is 0 Å². The van der Waals surface area contributed by atoms with Crippen LogP contribution in [0.15, 0.2) is 6.20 Å². The first-order chi connectivity index (χ1) is 6.42. The van der Waals surface area contributed by atoms with Crippen LogP contribution in [0.5, 0.6) is 0 Å². The van der Waals surface area contributed by atoms with Crippen LogP contribution in [0.3, 0.4) is 0 Å². The van der Waals surface area contributed by atoms with Gasteiger partial charge < -0.3 is 10.1 Å². The first-order valence-electron chi connectivity index (χ1n) is 4.44. The quantitative estimate of drug-likeness (QED) is 0.783. The molecule has 0 saturated carbocycles. The van der Waals surface area contributed by atoms with Gasteiger partial charge in [-0.2, -0.15) is 8.75 Å². The SMILES string of the molecule is CNC(c1cnsn1)C1CCOC1. The van der Waals surface area contributed by atoms with Gasteiger partial charge >= 0.3 is 0 Å². The van der Waals surface area contributed by atoms with Gasteiger partial charge in [0.25, 0.3) is 0 Å². The van der Waals surface area contributed by atoms with Gasteiger partial charge in [-0.3, -0.25) is 0 Å². The molecule has 2 atom stereocenters. The molecule has 2 unspecified atom stereocenters. The van der Waals surface area contributed by atoms with Gasteiger partial charge in [0, 0.05) is 12.5 Å². The third-order valence-corrected chi connectivity index (χ3v) is 2.94. The summed E-state index contributed by atoms with van der Waals surface area (Å²) in [4.78, 5) is 0. The van der Waals surface area contributed by atoms with Crippen molar-refractivity contribution in [3.05, 3.63) is 11.9 Å². The van der Waals surface area contributed by atoms with Crippen molar-refractivity contribution in [2.75, 3.05) is 20.3 Å². The van der Waals surface area contributed by atoms with Crippen LogP contribution in [0.2, 0.25) is 0 Å². The second kappa shape index (κ2) is 4.13. The van der Waals surface area contributed by atoms with Crippen molar-refractivity contribution in [3.8, 4) is 0 Å². The number of ether oxygens (including phenoxy) is 1. The van der Waals surface area contributed by atoms with Crippen molar-refractivity contribution in [2.24, 2.45) is 5.92 Å². The summed E-state index contributed by atoms with van der Waals surface area (Å²) in [6.45, 7) is 1.71. The maximum absolute atomic E-state index is 5.35. The van der Waals surface area contributed by atoms with Gasteiger partial charge in [0.05, 0.1) is 36.3 Å². The molecule has 0 aromatic carbocycles. The minimum Gasteiger partial charge on any atom is -0.381 e. The maximum Gasteiger partial charge on any atom is 0.0915 e. The summed E-state index contributed by atoms with van der Waals surface area (Å²) in [7, 11) is 1.96. The number of hydrogen-bond acceptors (Lipinski definition) is 5. The Morgan fingerprint density at radius 1 is 1.77 bits per heavy atom. The van der Waals surface area contributed by atoms with Crippen LogP contribution in [0.1, 0.15) is 18.2 Å². The van der Waals surface area contributed by atoms with Crippen molar-refractivity contribution in [2.45, 2.75) is 12.5 Å².